The molecule has 0 aliphatic carbocycles. The van der Waals surface area contributed by atoms with Crippen LogP contribution in [0, 0.1) is 0 Å². The molecule has 0 unspecified atom stereocenters. The Kier molecular flexibility index (Phi) is 8.45. The third-order valence-electron chi connectivity index (χ3n) is 5.38. The molecular weight excluding hydrogens is 551 g/mol. The average molecular weight is 569 g/mol. The Morgan fingerprint density at radius 3 is 2.92 bits per heavy atom. The Hall–Kier alpha value is -2.63. The number of anilines is 1. The van der Waals surface area contributed by atoms with Crippen molar-refractivity contribution in [3.63, 3.8) is 0 Å². The number of carbonyl (C=O) groups is 3. The molecule has 3 aromatic heterocycles. The van der Waals surface area contributed by atoms with Gasteiger partial charge in [0.15, 0.2) is 16.5 Å². The second-order valence-corrected chi connectivity index (χ2v) is 10.5. The van der Waals surface area contributed by atoms with Gasteiger partial charge in [-0.05, 0) is 17.7 Å². The van der Waals surface area contributed by atoms with Crippen LogP contribution in [0.4, 0.5) is 5.13 Å². The number of nitrogens with two attached hydrogens (primary N) is 1. The van der Waals surface area contributed by atoms with Gasteiger partial charge in [-0.25, -0.2) is 4.98 Å². The minimum atomic E-state index is -1.45. The van der Waals surface area contributed by atoms with Crippen molar-refractivity contribution in [2.45, 2.75) is 16.4 Å². The van der Waals surface area contributed by atoms with Crippen LogP contribution in [0.15, 0.2) is 51.4 Å². The van der Waals surface area contributed by atoms with E-state index in [1.165, 1.54) is 36.0 Å². The number of aliphatic carboxylic acids is 1. The zero-order valence-electron chi connectivity index (χ0n) is 19.5. The van der Waals surface area contributed by atoms with Gasteiger partial charge in [-0.2, -0.15) is 0 Å². The molecule has 17 heteroatoms. The maximum atomic E-state index is 13.0. The summed E-state index contributed by atoms with van der Waals surface area (Å²) in [6.07, 6.45) is 1.57. The molecular formula is C20H17N8NaO5S3. The number of carbonyl (C=O) groups excluding carboxylic acids is 3. The second-order valence-electron chi connectivity index (χ2n) is 7.51. The van der Waals surface area contributed by atoms with Crippen LogP contribution in [-0.4, -0.2) is 78.0 Å². The molecule has 0 spiro atoms. The van der Waals surface area contributed by atoms with E-state index in [1.54, 1.807) is 10.7 Å². The average Bonchev–Trinajstić information content (AvgIpc) is 3.52. The van der Waals surface area contributed by atoms with Crippen molar-refractivity contribution in [1.82, 2.24) is 29.8 Å². The molecule has 37 heavy (non-hydrogen) atoms. The first-order valence-electron chi connectivity index (χ1n) is 10.3. The fourth-order valence-electron chi connectivity index (χ4n) is 3.79. The van der Waals surface area contributed by atoms with E-state index in [4.69, 9.17) is 10.6 Å². The number of thioether (sulfide) groups is 2. The molecule has 0 saturated carbocycles. The Labute approximate surface area is 244 Å². The molecule has 2 atom stereocenters. The van der Waals surface area contributed by atoms with Crippen molar-refractivity contribution in [3.8, 4) is 0 Å². The summed E-state index contributed by atoms with van der Waals surface area (Å²) in [6.45, 7) is 0. The number of nitrogens with zero attached hydrogens (tertiary/aromatic N) is 6. The number of oxime groups is 1. The number of hydrogen-bond acceptors (Lipinski definition) is 13. The minimum Gasteiger partial charge on any atom is -0.543 e. The van der Waals surface area contributed by atoms with Gasteiger partial charge in [-0.15, -0.1) is 45.1 Å². The Bertz CT molecular complexity index is 1440. The SMILES string of the molecule is CO/N=C(\C(=O)N[C@@H]1C(=O)N2C(C(=O)[O-])=C(CSc3cccc4nncn34)CS[C@@H]12)c1csc(N)n1.[Na+]. The zero-order chi connectivity index (χ0) is 25.4. The first-order valence-corrected chi connectivity index (χ1v) is 13.2. The van der Waals surface area contributed by atoms with E-state index in [0.29, 0.717) is 22.7 Å². The van der Waals surface area contributed by atoms with Crippen molar-refractivity contribution in [3.05, 3.63) is 46.9 Å². The fraction of sp³-hybridized carbons (Fsp3) is 0.250. The summed E-state index contributed by atoms with van der Waals surface area (Å²) in [5, 5.41) is 28.2. The summed E-state index contributed by atoms with van der Waals surface area (Å²) < 4.78 is 1.79. The Morgan fingerprint density at radius 2 is 2.22 bits per heavy atom. The van der Waals surface area contributed by atoms with Gasteiger partial charge in [0.1, 0.15) is 30.5 Å². The summed E-state index contributed by atoms with van der Waals surface area (Å²) in [6, 6.07) is 4.56. The van der Waals surface area contributed by atoms with Gasteiger partial charge in [0.25, 0.3) is 11.8 Å². The third kappa shape index (κ3) is 5.21. The number of pyridine rings is 1. The molecule has 13 nitrogen and oxygen atoms in total. The summed E-state index contributed by atoms with van der Waals surface area (Å²) >= 11 is 3.88. The fourth-order valence-corrected chi connectivity index (χ4v) is 6.83. The van der Waals surface area contributed by atoms with Crippen LogP contribution in [0.3, 0.4) is 0 Å². The predicted molar refractivity (Wildman–Crippen MR) is 131 cm³/mol. The van der Waals surface area contributed by atoms with Gasteiger partial charge in [0.05, 0.1) is 16.7 Å². The number of rotatable bonds is 8. The number of hydrogen-bond donors (Lipinski definition) is 2. The molecule has 0 aromatic carbocycles. The van der Waals surface area contributed by atoms with Crippen molar-refractivity contribution in [1.29, 1.82) is 0 Å². The van der Waals surface area contributed by atoms with Crippen LogP contribution in [-0.2, 0) is 19.2 Å². The largest absolute Gasteiger partial charge is 1.00 e. The van der Waals surface area contributed by atoms with Crippen molar-refractivity contribution in [2.24, 2.45) is 5.16 Å². The van der Waals surface area contributed by atoms with E-state index >= 15 is 0 Å². The van der Waals surface area contributed by atoms with Crippen LogP contribution in [0.5, 0.6) is 0 Å². The summed E-state index contributed by atoms with van der Waals surface area (Å²) in [4.78, 5) is 47.8. The maximum Gasteiger partial charge on any atom is 1.00 e. The Morgan fingerprint density at radius 1 is 1.41 bits per heavy atom. The standard InChI is InChI=1S/C20H18N8O5S3.Na/c1-33-26-13(10-7-36-20(21)23-10)16(29)24-14-17(30)28-15(19(31)32)9(6-35-18(14)28)5-34-12-4-2-3-11-25-22-8-27(11)12;/h2-4,7-8,14,18H,5-6H2,1H3,(H2,21,23)(H,24,29)(H,31,32);/q;+1/p-1/b26-13-;/t14-,18+;/m1./s1. The van der Waals surface area contributed by atoms with Crippen molar-refractivity contribution in [2.75, 3.05) is 24.3 Å². The van der Waals surface area contributed by atoms with Gasteiger partial charge in [-0.1, -0.05) is 11.2 Å². The minimum absolute atomic E-state index is 0. The number of nitrogen functional groups attached to an aromatic ring is 1. The molecule has 3 aromatic rings. The molecule has 3 N–H and O–H groups in total. The van der Waals surface area contributed by atoms with E-state index in [2.05, 4.69) is 25.7 Å². The van der Waals surface area contributed by atoms with Gasteiger partial charge >= 0.3 is 29.6 Å². The number of fused-ring (bicyclic) bond motifs is 2. The van der Waals surface area contributed by atoms with E-state index < -0.39 is 29.2 Å². The van der Waals surface area contributed by atoms with Gasteiger partial charge < -0.3 is 25.8 Å². The number of nitrogens with one attached hydrogen (secondary N) is 1. The molecule has 2 aliphatic heterocycles. The molecule has 5 heterocycles. The molecule has 2 amide bonds. The number of aromatic nitrogens is 4. The molecule has 1 fully saturated rings. The number of carboxylic acids is 1. The normalized spacial score (nSPS) is 19.2. The molecule has 2 aliphatic rings. The number of carboxylic acid groups (broad SMARTS) is 1. The quantitative estimate of drug-likeness (QED) is 0.0898. The van der Waals surface area contributed by atoms with Gasteiger partial charge in [0.2, 0.25) is 0 Å². The second kappa shape index (κ2) is 11.4. The van der Waals surface area contributed by atoms with Gasteiger partial charge in [0, 0.05) is 16.9 Å². The zero-order valence-corrected chi connectivity index (χ0v) is 23.9. The summed E-state index contributed by atoms with van der Waals surface area (Å²) in [5.41, 5.74) is 6.74. The van der Waals surface area contributed by atoms with Crippen LogP contribution < -0.4 is 45.7 Å². The van der Waals surface area contributed by atoms with E-state index in [0.717, 1.165) is 21.3 Å². The number of amides is 2. The van der Waals surface area contributed by atoms with Crippen molar-refractivity contribution < 1.29 is 53.9 Å². The maximum absolute atomic E-state index is 13.0. The summed E-state index contributed by atoms with van der Waals surface area (Å²) in [7, 11) is 1.27. The predicted octanol–water partition coefficient (Wildman–Crippen LogP) is -3.68. The van der Waals surface area contributed by atoms with Gasteiger partial charge in [-0.3, -0.25) is 18.9 Å². The van der Waals surface area contributed by atoms with E-state index in [9.17, 15) is 19.5 Å². The van der Waals surface area contributed by atoms with Crippen molar-refractivity contribution >= 4 is 69.1 Å². The first-order chi connectivity index (χ1) is 17.4. The van der Waals surface area contributed by atoms with E-state index in [1.807, 2.05) is 18.2 Å². The smallest absolute Gasteiger partial charge is 0.543 e. The van der Waals surface area contributed by atoms with Crippen LogP contribution in [0.2, 0.25) is 0 Å². The molecule has 0 bridgehead atoms. The molecule has 5 rings (SSSR count). The molecule has 0 radical (unpaired) electrons. The monoisotopic (exact) mass is 568 g/mol. The van der Waals surface area contributed by atoms with Crippen LogP contribution in [0.25, 0.3) is 5.65 Å². The molecule has 1 saturated heterocycles. The third-order valence-corrected chi connectivity index (χ3v) is 8.51. The number of thiazole rings is 1. The molecule has 186 valence electrons. The first kappa shape index (κ1) is 27.4. The summed E-state index contributed by atoms with van der Waals surface area (Å²) in [5.74, 6) is -2.04. The topological polar surface area (TPSA) is 180 Å². The van der Waals surface area contributed by atoms with Crippen LogP contribution in [0.1, 0.15) is 5.69 Å². The Balaban J connectivity index is 0.00000320. The number of β-lactam (4-membered cyclic amide) rings is 1. The van der Waals surface area contributed by atoms with Crippen LogP contribution >= 0.6 is 34.9 Å². The van der Waals surface area contributed by atoms with E-state index in [-0.39, 0.29) is 51.8 Å².